The van der Waals surface area contributed by atoms with Gasteiger partial charge in [-0.15, -0.1) is 0 Å². The lowest BCUT2D eigenvalue weighted by Gasteiger charge is -2.11. The molecule has 0 amide bonds. The number of aromatic nitrogens is 3. The van der Waals surface area contributed by atoms with Crippen molar-refractivity contribution in [1.82, 2.24) is 15.2 Å². The summed E-state index contributed by atoms with van der Waals surface area (Å²) in [5.74, 6) is 0.645. The van der Waals surface area contributed by atoms with Crippen LogP contribution in [0.2, 0.25) is 0 Å². The van der Waals surface area contributed by atoms with Gasteiger partial charge in [-0.25, -0.2) is 0 Å². The third kappa shape index (κ3) is 2.76. The van der Waals surface area contributed by atoms with Crippen LogP contribution >= 0.6 is 0 Å². The highest BCUT2D eigenvalue weighted by atomic mass is 16.5. The van der Waals surface area contributed by atoms with Gasteiger partial charge in [-0.05, 0) is 19.1 Å². The molecule has 5 heteroatoms. The molecular weight excluding hydrogens is 218 g/mol. The number of hydrogen-bond acceptors (Lipinski definition) is 5. The summed E-state index contributed by atoms with van der Waals surface area (Å²) in [6.45, 7) is 2.47. The van der Waals surface area contributed by atoms with E-state index < -0.39 is 6.10 Å². The Bertz CT molecular complexity index is 476. The standard InChI is InChI=1S/C12H13N3O2/c1-2-17-11-5-10(6-13-8-11)12(16)9-3-4-14-15-7-9/h3-8,12,16H,2H2,1H3. The highest BCUT2D eigenvalue weighted by Gasteiger charge is 2.11. The lowest BCUT2D eigenvalue weighted by atomic mass is 10.1. The lowest BCUT2D eigenvalue weighted by molar-refractivity contribution is 0.218. The molecule has 2 aromatic heterocycles. The minimum Gasteiger partial charge on any atom is -0.492 e. The maximum Gasteiger partial charge on any atom is 0.137 e. The second-order valence-electron chi connectivity index (χ2n) is 3.47. The first-order chi connectivity index (χ1) is 8.31. The van der Waals surface area contributed by atoms with E-state index in [2.05, 4.69) is 15.2 Å². The summed E-state index contributed by atoms with van der Waals surface area (Å²) in [4.78, 5) is 4.03. The van der Waals surface area contributed by atoms with Crippen LogP contribution in [-0.2, 0) is 0 Å². The lowest BCUT2D eigenvalue weighted by Crippen LogP contribution is -2.02. The van der Waals surface area contributed by atoms with Gasteiger partial charge in [-0.1, -0.05) is 0 Å². The molecule has 0 fully saturated rings. The molecule has 0 aliphatic heterocycles. The zero-order valence-corrected chi connectivity index (χ0v) is 9.45. The molecule has 0 saturated heterocycles. The summed E-state index contributed by atoms with van der Waals surface area (Å²) < 4.78 is 5.33. The average Bonchev–Trinajstić information content (AvgIpc) is 2.40. The molecule has 2 rings (SSSR count). The first kappa shape index (κ1) is 11.5. The Morgan fingerprint density at radius 2 is 2.12 bits per heavy atom. The number of aliphatic hydroxyl groups is 1. The van der Waals surface area contributed by atoms with Crippen molar-refractivity contribution in [1.29, 1.82) is 0 Å². The summed E-state index contributed by atoms with van der Waals surface area (Å²) in [6, 6.07) is 3.48. The summed E-state index contributed by atoms with van der Waals surface area (Å²) in [7, 11) is 0. The Morgan fingerprint density at radius 1 is 1.24 bits per heavy atom. The van der Waals surface area contributed by atoms with Gasteiger partial charge in [0.15, 0.2) is 0 Å². The summed E-state index contributed by atoms with van der Waals surface area (Å²) in [5.41, 5.74) is 1.35. The van der Waals surface area contributed by atoms with Crippen molar-refractivity contribution in [3.05, 3.63) is 48.0 Å². The number of pyridine rings is 1. The fourth-order valence-electron chi connectivity index (χ4n) is 1.49. The van der Waals surface area contributed by atoms with Crippen molar-refractivity contribution in [3.63, 3.8) is 0 Å². The van der Waals surface area contributed by atoms with Gasteiger partial charge in [0.1, 0.15) is 11.9 Å². The topological polar surface area (TPSA) is 68.1 Å². The Kier molecular flexibility index (Phi) is 3.62. The third-order valence-corrected chi connectivity index (χ3v) is 2.28. The van der Waals surface area contributed by atoms with Crippen LogP contribution in [-0.4, -0.2) is 26.9 Å². The highest BCUT2D eigenvalue weighted by molar-refractivity contribution is 5.30. The molecular formula is C12H13N3O2. The molecule has 0 saturated carbocycles. The summed E-state index contributed by atoms with van der Waals surface area (Å²) >= 11 is 0. The van der Waals surface area contributed by atoms with Gasteiger partial charge in [-0.3, -0.25) is 4.98 Å². The predicted octanol–water partition coefficient (Wildman–Crippen LogP) is 1.35. The minimum atomic E-state index is -0.765. The molecule has 0 aliphatic rings. The van der Waals surface area contributed by atoms with Crippen molar-refractivity contribution < 1.29 is 9.84 Å². The monoisotopic (exact) mass is 231 g/mol. The van der Waals surface area contributed by atoms with E-state index in [-0.39, 0.29) is 0 Å². The maximum absolute atomic E-state index is 10.1. The Balaban J connectivity index is 2.25. The van der Waals surface area contributed by atoms with E-state index >= 15 is 0 Å². The van der Waals surface area contributed by atoms with Gasteiger partial charge < -0.3 is 9.84 Å². The molecule has 17 heavy (non-hydrogen) atoms. The molecule has 0 spiro atoms. The first-order valence-corrected chi connectivity index (χ1v) is 5.33. The molecule has 1 N–H and O–H groups in total. The predicted molar refractivity (Wildman–Crippen MR) is 61.5 cm³/mol. The normalized spacial score (nSPS) is 12.1. The van der Waals surface area contributed by atoms with Gasteiger partial charge in [0.25, 0.3) is 0 Å². The van der Waals surface area contributed by atoms with Crippen LogP contribution in [0.25, 0.3) is 0 Å². The second-order valence-corrected chi connectivity index (χ2v) is 3.47. The number of aliphatic hydroxyl groups excluding tert-OH is 1. The highest BCUT2D eigenvalue weighted by Crippen LogP contribution is 2.23. The van der Waals surface area contributed by atoms with Crippen LogP contribution in [0.3, 0.4) is 0 Å². The first-order valence-electron chi connectivity index (χ1n) is 5.33. The van der Waals surface area contributed by atoms with Crippen molar-refractivity contribution in [2.45, 2.75) is 13.0 Å². The number of nitrogens with zero attached hydrogens (tertiary/aromatic N) is 3. The van der Waals surface area contributed by atoms with E-state index in [1.165, 1.54) is 6.20 Å². The summed E-state index contributed by atoms with van der Waals surface area (Å²) in [5, 5.41) is 17.5. The van der Waals surface area contributed by atoms with Crippen molar-refractivity contribution in [2.24, 2.45) is 0 Å². The van der Waals surface area contributed by atoms with Crippen LogP contribution in [0.15, 0.2) is 36.9 Å². The maximum atomic E-state index is 10.1. The minimum absolute atomic E-state index is 0.568. The molecule has 5 nitrogen and oxygen atoms in total. The average molecular weight is 231 g/mol. The third-order valence-electron chi connectivity index (χ3n) is 2.28. The van der Waals surface area contributed by atoms with Crippen LogP contribution in [0.5, 0.6) is 5.75 Å². The number of ether oxygens (including phenoxy) is 1. The van der Waals surface area contributed by atoms with E-state index in [1.54, 1.807) is 30.7 Å². The van der Waals surface area contributed by atoms with Crippen molar-refractivity contribution >= 4 is 0 Å². The fourth-order valence-corrected chi connectivity index (χ4v) is 1.49. The SMILES string of the molecule is CCOc1cncc(C(O)c2ccnnc2)c1. The smallest absolute Gasteiger partial charge is 0.137 e. The van der Waals surface area contributed by atoms with Gasteiger partial charge in [0.05, 0.1) is 19.0 Å². The number of rotatable bonds is 4. The molecule has 2 heterocycles. The zero-order chi connectivity index (χ0) is 12.1. The van der Waals surface area contributed by atoms with Gasteiger partial charge in [0, 0.05) is 23.5 Å². The molecule has 2 aromatic rings. The molecule has 1 unspecified atom stereocenters. The quantitative estimate of drug-likeness (QED) is 0.860. The van der Waals surface area contributed by atoms with Gasteiger partial charge >= 0.3 is 0 Å². The largest absolute Gasteiger partial charge is 0.492 e. The molecule has 0 aromatic carbocycles. The zero-order valence-electron chi connectivity index (χ0n) is 9.45. The molecule has 88 valence electrons. The van der Waals surface area contributed by atoms with Gasteiger partial charge in [0.2, 0.25) is 0 Å². The Labute approximate surface area is 99.1 Å². The van der Waals surface area contributed by atoms with Crippen LogP contribution in [0.4, 0.5) is 0 Å². The molecule has 0 radical (unpaired) electrons. The molecule has 0 bridgehead atoms. The number of hydrogen-bond donors (Lipinski definition) is 1. The van der Waals surface area contributed by atoms with Crippen LogP contribution < -0.4 is 4.74 Å². The van der Waals surface area contributed by atoms with E-state index in [0.717, 1.165) is 0 Å². The molecule has 1 atom stereocenters. The van der Waals surface area contributed by atoms with Crippen LogP contribution in [0, 0.1) is 0 Å². The fraction of sp³-hybridized carbons (Fsp3) is 0.250. The summed E-state index contributed by atoms with van der Waals surface area (Å²) in [6.07, 6.45) is 5.52. The van der Waals surface area contributed by atoms with Gasteiger partial charge in [-0.2, -0.15) is 10.2 Å². The van der Waals surface area contributed by atoms with Crippen molar-refractivity contribution in [2.75, 3.05) is 6.61 Å². The van der Waals surface area contributed by atoms with E-state index in [4.69, 9.17) is 4.74 Å². The van der Waals surface area contributed by atoms with E-state index in [1.807, 2.05) is 6.92 Å². The second kappa shape index (κ2) is 5.36. The molecule has 0 aliphatic carbocycles. The van der Waals surface area contributed by atoms with E-state index in [0.29, 0.717) is 23.5 Å². The van der Waals surface area contributed by atoms with Crippen molar-refractivity contribution in [3.8, 4) is 5.75 Å². The Hall–Kier alpha value is -2.01. The van der Waals surface area contributed by atoms with Crippen LogP contribution in [0.1, 0.15) is 24.2 Å². The van der Waals surface area contributed by atoms with E-state index in [9.17, 15) is 5.11 Å². The Morgan fingerprint density at radius 3 is 2.82 bits per heavy atom.